The van der Waals surface area contributed by atoms with E-state index in [2.05, 4.69) is 11.8 Å². The quantitative estimate of drug-likeness (QED) is 0.799. The molecule has 0 bridgehead atoms. The van der Waals surface area contributed by atoms with Gasteiger partial charge in [0, 0.05) is 19.7 Å². The molecule has 2 N–H and O–H groups in total. The van der Waals surface area contributed by atoms with Crippen LogP contribution in [0, 0.1) is 5.92 Å². The lowest BCUT2D eigenvalue weighted by Crippen LogP contribution is -2.62. The number of nitrogens with zero attached hydrogens (tertiary/aromatic N) is 1. The minimum atomic E-state index is 0.0857. The SMILES string of the molecule is CCC(CN)(COC)N1CCCC2CCCC21. The number of piperidine rings is 1. The third kappa shape index (κ3) is 2.38. The third-order valence-electron chi connectivity index (χ3n) is 5.05. The monoisotopic (exact) mass is 240 g/mol. The van der Waals surface area contributed by atoms with Crippen molar-refractivity contribution in [1.82, 2.24) is 4.90 Å². The summed E-state index contributed by atoms with van der Waals surface area (Å²) >= 11 is 0. The van der Waals surface area contributed by atoms with E-state index in [4.69, 9.17) is 10.5 Å². The van der Waals surface area contributed by atoms with Crippen LogP contribution >= 0.6 is 0 Å². The van der Waals surface area contributed by atoms with E-state index in [0.29, 0.717) is 0 Å². The molecule has 2 fully saturated rings. The minimum absolute atomic E-state index is 0.0857. The Morgan fingerprint density at radius 2 is 2.06 bits per heavy atom. The molecule has 0 aromatic rings. The minimum Gasteiger partial charge on any atom is -0.383 e. The second-order valence-corrected chi connectivity index (χ2v) is 5.81. The fourth-order valence-electron chi connectivity index (χ4n) is 4.02. The fourth-order valence-corrected chi connectivity index (χ4v) is 4.02. The molecule has 2 rings (SSSR count). The van der Waals surface area contributed by atoms with Crippen molar-refractivity contribution in [2.24, 2.45) is 11.7 Å². The molecule has 0 aromatic heterocycles. The Balaban J connectivity index is 2.16. The molecular formula is C14H28N2O. The van der Waals surface area contributed by atoms with E-state index in [-0.39, 0.29) is 5.54 Å². The van der Waals surface area contributed by atoms with Gasteiger partial charge in [0.25, 0.3) is 0 Å². The van der Waals surface area contributed by atoms with Crippen molar-refractivity contribution in [2.45, 2.75) is 57.0 Å². The van der Waals surface area contributed by atoms with Gasteiger partial charge in [0.1, 0.15) is 0 Å². The van der Waals surface area contributed by atoms with Crippen LogP contribution in [-0.4, -0.2) is 43.3 Å². The van der Waals surface area contributed by atoms with Gasteiger partial charge in [0.2, 0.25) is 0 Å². The Hall–Kier alpha value is -0.120. The summed E-state index contributed by atoms with van der Waals surface area (Å²) in [5.41, 5.74) is 6.18. The van der Waals surface area contributed by atoms with E-state index in [9.17, 15) is 0 Å². The van der Waals surface area contributed by atoms with Crippen molar-refractivity contribution in [1.29, 1.82) is 0 Å². The van der Waals surface area contributed by atoms with Gasteiger partial charge >= 0.3 is 0 Å². The van der Waals surface area contributed by atoms with Crippen LogP contribution in [0.5, 0.6) is 0 Å². The van der Waals surface area contributed by atoms with E-state index in [1.165, 1.54) is 38.6 Å². The number of fused-ring (bicyclic) bond motifs is 1. The molecular weight excluding hydrogens is 212 g/mol. The predicted molar refractivity (Wildman–Crippen MR) is 71.0 cm³/mol. The molecule has 17 heavy (non-hydrogen) atoms. The average Bonchev–Trinajstić information content (AvgIpc) is 2.84. The smallest absolute Gasteiger partial charge is 0.0659 e. The Kier molecular flexibility index (Phi) is 4.45. The maximum atomic E-state index is 6.10. The zero-order chi connectivity index (χ0) is 12.3. The van der Waals surface area contributed by atoms with Crippen LogP contribution in [-0.2, 0) is 4.74 Å². The molecule has 0 amide bonds. The molecule has 1 aliphatic carbocycles. The van der Waals surface area contributed by atoms with Gasteiger partial charge in [-0.15, -0.1) is 0 Å². The van der Waals surface area contributed by atoms with E-state index < -0.39 is 0 Å². The number of hydrogen-bond acceptors (Lipinski definition) is 3. The Morgan fingerprint density at radius 3 is 2.71 bits per heavy atom. The Labute approximate surface area is 106 Å². The second kappa shape index (κ2) is 5.68. The molecule has 0 radical (unpaired) electrons. The van der Waals surface area contributed by atoms with Crippen molar-refractivity contribution in [3.8, 4) is 0 Å². The van der Waals surface area contributed by atoms with Crippen LogP contribution in [0.4, 0.5) is 0 Å². The van der Waals surface area contributed by atoms with E-state index in [0.717, 1.165) is 31.5 Å². The Morgan fingerprint density at radius 1 is 1.29 bits per heavy atom. The van der Waals surface area contributed by atoms with Gasteiger partial charge in [-0.3, -0.25) is 4.90 Å². The van der Waals surface area contributed by atoms with Crippen LogP contribution < -0.4 is 5.73 Å². The topological polar surface area (TPSA) is 38.5 Å². The van der Waals surface area contributed by atoms with Crippen molar-refractivity contribution in [3.05, 3.63) is 0 Å². The van der Waals surface area contributed by atoms with Crippen LogP contribution in [0.2, 0.25) is 0 Å². The lowest BCUT2D eigenvalue weighted by atomic mass is 9.84. The van der Waals surface area contributed by atoms with Gasteiger partial charge in [-0.1, -0.05) is 13.3 Å². The highest BCUT2D eigenvalue weighted by Crippen LogP contribution is 2.40. The van der Waals surface area contributed by atoms with Crippen molar-refractivity contribution < 1.29 is 4.74 Å². The summed E-state index contributed by atoms with van der Waals surface area (Å²) < 4.78 is 5.47. The number of methoxy groups -OCH3 is 1. The van der Waals surface area contributed by atoms with Gasteiger partial charge in [0.05, 0.1) is 12.1 Å². The van der Waals surface area contributed by atoms with Crippen LogP contribution in [0.25, 0.3) is 0 Å². The first-order chi connectivity index (χ1) is 8.27. The van der Waals surface area contributed by atoms with Gasteiger partial charge < -0.3 is 10.5 Å². The summed E-state index contributed by atoms with van der Waals surface area (Å²) in [7, 11) is 1.80. The van der Waals surface area contributed by atoms with E-state index >= 15 is 0 Å². The van der Waals surface area contributed by atoms with Gasteiger partial charge in [-0.05, 0) is 44.6 Å². The molecule has 1 saturated carbocycles. The van der Waals surface area contributed by atoms with Crippen molar-refractivity contribution in [2.75, 3.05) is 26.8 Å². The number of rotatable bonds is 5. The van der Waals surface area contributed by atoms with Gasteiger partial charge in [-0.2, -0.15) is 0 Å². The summed E-state index contributed by atoms with van der Waals surface area (Å²) in [6.07, 6.45) is 8.07. The number of hydrogen-bond donors (Lipinski definition) is 1. The number of ether oxygens (including phenoxy) is 1. The number of likely N-dealkylation sites (tertiary alicyclic amines) is 1. The highest BCUT2D eigenvalue weighted by atomic mass is 16.5. The fraction of sp³-hybridized carbons (Fsp3) is 1.00. The van der Waals surface area contributed by atoms with E-state index in [1.54, 1.807) is 7.11 Å². The molecule has 1 saturated heterocycles. The standard InChI is InChI=1S/C14H28N2O/c1-3-14(10-15,11-17-2)16-9-5-7-12-6-4-8-13(12)16/h12-13H,3-11,15H2,1-2H3. The largest absolute Gasteiger partial charge is 0.383 e. The molecule has 3 unspecified atom stereocenters. The number of nitrogens with two attached hydrogens (primary N) is 1. The summed E-state index contributed by atoms with van der Waals surface area (Å²) in [6.45, 7) is 4.98. The molecule has 0 aromatic carbocycles. The maximum Gasteiger partial charge on any atom is 0.0659 e. The third-order valence-corrected chi connectivity index (χ3v) is 5.05. The normalized spacial score (nSPS) is 33.4. The van der Waals surface area contributed by atoms with Gasteiger partial charge in [-0.25, -0.2) is 0 Å². The molecule has 100 valence electrons. The highest BCUT2D eigenvalue weighted by molar-refractivity contribution is 5.00. The first kappa shape index (κ1) is 13.3. The van der Waals surface area contributed by atoms with Crippen LogP contribution in [0.1, 0.15) is 45.4 Å². The summed E-state index contributed by atoms with van der Waals surface area (Å²) in [6, 6.07) is 0.780. The molecule has 2 aliphatic rings. The second-order valence-electron chi connectivity index (χ2n) is 5.81. The lowest BCUT2D eigenvalue weighted by Gasteiger charge is -2.50. The predicted octanol–water partition coefficient (Wildman–Crippen LogP) is 2.00. The van der Waals surface area contributed by atoms with E-state index in [1.807, 2.05) is 0 Å². The van der Waals surface area contributed by atoms with Gasteiger partial charge in [0.15, 0.2) is 0 Å². The molecule has 1 heterocycles. The summed E-state index contributed by atoms with van der Waals surface area (Å²) in [5, 5.41) is 0. The molecule has 0 spiro atoms. The first-order valence-corrected chi connectivity index (χ1v) is 7.23. The average molecular weight is 240 g/mol. The zero-order valence-corrected chi connectivity index (χ0v) is 11.5. The summed E-state index contributed by atoms with van der Waals surface area (Å²) in [5.74, 6) is 0.929. The zero-order valence-electron chi connectivity index (χ0n) is 11.5. The first-order valence-electron chi connectivity index (χ1n) is 7.23. The molecule has 1 aliphatic heterocycles. The van der Waals surface area contributed by atoms with Crippen LogP contribution in [0.15, 0.2) is 0 Å². The maximum absolute atomic E-state index is 6.10. The molecule has 3 heteroatoms. The summed E-state index contributed by atoms with van der Waals surface area (Å²) in [4.78, 5) is 2.71. The van der Waals surface area contributed by atoms with Crippen molar-refractivity contribution in [3.63, 3.8) is 0 Å². The Bertz CT molecular complexity index is 240. The molecule has 3 atom stereocenters. The molecule has 3 nitrogen and oxygen atoms in total. The van der Waals surface area contributed by atoms with Crippen LogP contribution in [0.3, 0.4) is 0 Å². The highest BCUT2D eigenvalue weighted by Gasteiger charge is 2.44. The lowest BCUT2D eigenvalue weighted by molar-refractivity contribution is -0.0417. The van der Waals surface area contributed by atoms with Crippen molar-refractivity contribution >= 4 is 0 Å².